The highest BCUT2D eigenvalue weighted by Gasteiger charge is 2.52. The van der Waals surface area contributed by atoms with Gasteiger partial charge >= 0.3 is 5.97 Å². The molecule has 3 aliphatic heterocycles. The number of rotatable bonds is 11. The number of benzene rings is 3. The quantitative estimate of drug-likeness (QED) is 0.0462. The van der Waals surface area contributed by atoms with E-state index in [0.29, 0.717) is 0 Å². The van der Waals surface area contributed by atoms with Crippen LogP contribution in [0.5, 0.6) is 40.2 Å². The van der Waals surface area contributed by atoms with Gasteiger partial charge in [-0.3, -0.25) is 4.79 Å². The Balaban J connectivity index is 1.26. The Labute approximate surface area is 365 Å². The zero-order valence-corrected chi connectivity index (χ0v) is 34.0. The fraction of sp³-hybridized carbons (Fsp3) is 0.429. The number of carbonyl (C=O) groups excluding carboxylic acids is 1. The predicted octanol–water partition coefficient (Wildman–Crippen LogP) is -1.51. The molecule has 0 saturated carbocycles. The minimum atomic E-state index is -2.11. The molecule has 4 aromatic rings. The van der Waals surface area contributed by atoms with Gasteiger partial charge in [0.15, 0.2) is 41.2 Å². The molecule has 65 heavy (non-hydrogen) atoms. The maximum Gasteiger partial charge on any atom is 0.330 e. The van der Waals surface area contributed by atoms with Crippen molar-refractivity contribution >= 4 is 23.0 Å². The molecular weight excluding hydrogens is 872 g/mol. The van der Waals surface area contributed by atoms with Crippen LogP contribution < -0.4 is 14.9 Å². The Morgan fingerprint density at radius 2 is 1.25 bits per heavy atom. The summed E-state index contributed by atoms with van der Waals surface area (Å²) in [4.78, 5) is 27.3. The van der Waals surface area contributed by atoms with Crippen LogP contribution in [0.3, 0.4) is 0 Å². The van der Waals surface area contributed by atoms with Crippen molar-refractivity contribution < 1.29 is 109 Å². The van der Waals surface area contributed by atoms with E-state index in [1.54, 1.807) is 0 Å². The third kappa shape index (κ3) is 9.62. The number of carbonyl (C=O) groups is 1. The van der Waals surface area contributed by atoms with E-state index in [2.05, 4.69) is 0 Å². The van der Waals surface area contributed by atoms with E-state index in [1.165, 1.54) is 38.1 Å². The third-order valence-electron chi connectivity index (χ3n) is 11.0. The SMILES string of the molecule is CC1O[C@@H](Oc2cc(O)c3c(=O)c(O[C@@H]4OC(COC(=O)/C=C/c5ccc(O)c(O)c5)[C@@H](O)C(O)C4O[C@@H]4OC(C)[C@H](O)C(O)C4O)c(-c4ccc(O)c(O)c4)oc3c2)C(O)C(O)[C@H]1O. The van der Waals surface area contributed by atoms with Gasteiger partial charge in [0.05, 0.1) is 12.2 Å². The lowest BCUT2D eigenvalue weighted by Crippen LogP contribution is -2.64. The molecule has 23 nitrogen and oxygen atoms in total. The minimum absolute atomic E-state index is 0.165. The van der Waals surface area contributed by atoms with Gasteiger partial charge in [0.2, 0.25) is 23.8 Å². The Morgan fingerprint density at radius 3 is 1.89 bits per heavy atom. The molecule has 3 saturated heterocycles. The second kappa shape index (κ2) is 19.0. The summed E-state index contributed by atoms with van der Waals surface area (Å²) in [6, 6.07) is 8.85. The van der Waals surface area contributed by atoms with Crippen molar-refractivity contribution in [1.29, 1.82) is 0 Å². The molecule has 3 aliphatic rings. The molecule has 4 heterocycles. The first-order valence-electron chi connectivity index (χ1n) is 19.9. The first-order valence-corrected chi connectivity index (χ1v) is 19.9. The molecule has 3 fully saturated rings. The van der Waals surface area contributed by atoms with Gasteiger partial charge in [0, 0.05) is 23.8 Å². The summed E-state index contributed by atoms with van der Waals surface area (Å²) in [5, 5.41) is 136. The standard InChI is InChI=1S/C42H46O23/c1-14-28(49)32(53)35(56)40(59-14)61-18-11-23(47)27-24(12-18)62-37(17-5-7-20(44)22(46)10-17)38(31(27)52)64-42-39(65-41-36(57)33(54)29(50)15(2)60-41)34(55)30(51)25(63-42)13-58-26(48)8-4-16-3-6-19(43)21(45)9-16/h3-12,14-15,25,28-30,32-36,39-47,49-51,53-57H,13H2,1-2H3/b8-4+/t14?,15?,25?,28-,29-,30+,32?,33?,34?,35?,36?,39?,40-,41-,42-/m0/s1. The normalized spacial score (nSPS) is 32.9. The monoisotopic (exact) mass is 918 g/mol. The minimum Gasteiger partial charge on any atom is -0.507 e. The smallest absolute Gasteiger partial charge is 0.330 e. The van der Waals surface area contributed by atoms with Crippen LogP contribution in [0.25, 0.3) is 28.4 Å². The number of aromatic hydroxyl groups is 5. The van der Waals surface area contributed by atoms with Gasteiger partial charge in [-0.25, -0.2) is 4.79 Å². The first-order chi connectivity index (χ1) is 30.7. The van der Waals surface area contributed by atoms with E-state index < -0.39 is 161 Å². The van der Waals surface area contributed by atoms with Crippen molar-refractivity contribution in [3.63, 3.8) is 0 Å². The summed E-state index contributed by atoms with van der Waals surface area (Å²) < 4.78 is 45.9. The number of ether oxygens (including phenoxy) is 7. The van der Waals surface area contributed by atoms with Gasteiger partial charge < -0.3 is 104 Å². The van der Waals surface area contributed by atoms with E-state index in [9.17, 15) is 76.0 Å². The molecule has 0 aliphatic carbocycles. The highest BCUT2D eigenvalue weighted by molar-refractivity contribution is 5.89. The number of phenols is 5. The lowest BCUT2D eigenvalue weighted by molar-refractivity contribution is -0.354. The molecule has 13 N–H and O–H groups in total. The summed E-state index contributed by atoms with van der Waals surface area (Å²) in [6.07, 6.45) is -23.7. The Morgan fingerprint density at radius 1 is 0.631 bits per heavy atom. The predicted molar refractivity (Wildman–Crippen MR) is 214 cm³/mol. The van der Waals surface area contributed by atoms with Crippen LogP contribution >= 0.6 is 0 Å². The molecule has 352 valence electrons. The largest absolute Gasteiger partial charge is 0.507 e. The Bertz CT molecular complexity index is 2460. The molecule has 0 spiro atoms. The molecule has 1 aromatic heterocycles. The van der Waals surface area contributed by atoms with Gasteiger partial charge in [-0.2, -0.15) is 0 Å². The second-order valence-corrected chi connectivity index (χ2v) is 15.5. The molecular formula is C42H46O23. The molecule has 0 radical (unpaired) electrons. The lowest BCUT2D eigenvalue weighted by atomic mass is 9.97. The van der Waals surface area contributed by atoms with Crippen LogP contribution in [0.4, 0.5) is 0 Å². The van der Waals surface area contributed by atoms with E-state index in [1.807, 2.05) is 0 Å². The van der Waals surface area contributed by atoms with Crippen LogP contribution in [-0.4, -0.2) is 171 Å². The molecule has 0 amide bonds. The molecule has 15 atom stereocenters. The molecule has 7 rings (SSSR count). The zero-order valence-electron chi connectivity index (χ0n) is 34.0. The van der Waals surface area contributed by atoms with Crippen LogP contribution in [0.2, 0.25) is 0 Å². The van der Waals surface area contributed by atoms with Gasteiger partial charge in [0.25, 0.3) is 0 Å². The third-order valence-corrected chi connectivity index (χ3v) is 11.0. The van der Waals surface area contributed by atoms with E-state index in [4.69, 9.17) is 37.6 Å². The van der Waals surface area contributed by atoms with Crippen LogP contribution in [-0.2, 0) is 28.5 Å². The number of phenolic OH excluding ortho intramolecular Hbond substituents is 5. The van der Waals surface area contributed by atoms with Crippen molar-refractivity contribution in [2.75, 3.05) is 6.61 Å². The fourth-order valence-corrected chi connectivity index (χ4v) is 7.23. The number of hydrogen-bond acceptors (Lipinski definition) is 23. The Hall–Kier alpha value is -5.80. The van der Waals surface area contributed by atoms with Gasteiger partial charge in [-0.05, 0) is 55.8 Å². The number of esters is 1. The number of fused-ring (bicyclic) bond motifs is 1. The molecule has 23 heteroatoms. The summed E-state index contributed by atoms with van der Waals surface area (Å²) in [7, 11) is 0. The van der Waals surface area contributed by atoms with Crippen LogP contribution in [0.15, 0.2) is 63.8 Å². The maximum absolute atomic E-state index is 14.5. The Kier molecular flexibility index (Phi) is 13.8. The zero-order chi connectivity index (χ0) is 47.2. The van der Waals surface area contributed by atoms with Crippen molar-refractivity contribution in [3.05, 3.63) is 70.4 Å². The van der Waals surface area contributed by atoms with E-state index >= 15 is 0 Å². The number of hydrogen-bond donors (Lipinski definition) is 13. The fourth-order valence-electron chi connectivity index (χ4n) is 7.23. The lowest BCUT2D eigenvalue weighted by Gasteiger charge is -2.45. The maximum atomic E-state index is 14.5. The number of aliphatic hydroxyl groups excluding tert-OH is 8. The summed E-state index contributed by atoms with van der Waals surface area (Å²) in [5.74, 6) is -5.68. The molecule has 9 unspecified atom stereocenters. The van der Waals surface area contributed by atoms with E-state index in [-0.39, 0.29) is 16.9 Å². The van der Waals surface area contributed by atoms with Gasteiger partial charge in [0.1, 0.15) is 84.0 Å². The van der Waals surface area contributed by atoms with Crippen molar-refractivity contribution in [2.24, 2.45) is 0 Å². The average Bonchev–Trinajstić information content (AvgIpc) is 3.26. The molecule has 3 aromatic carbocycles. The molecule has 0 bridgehead atoms. The van der Waals surface area contributed by atoms with E-state index in [0.717, 1.165) is 36.4 Å². The highest BCUT2D eigenvalue weighted by Crippen LogP contribution is 2.41. The summed E-state index contributed by atoms with van der Waals surface area (Å²) in [5.41, 5.74) is -1.48. The second-order valence-electron chi connectivity index (χ2n) is 15.5. The topological polar surface area (TPSA) is 375 Å². The van der Waals surface area contributed by atoms with Crippen molar-refractivity contribution in [3.8, 4) is 51.6 Å². The van der Waals surface area contributed by atoms with Crippen molar-refractivity contribution in [1.82, 2.24) is 0 Å². The number of aliphatic hydroxyl groups is 8. The van der Waals surface area contributed by atoms with Crippen LogP contribution in [0, 0.1) is 0 Å². The van der Waals surface area contributed by atoms with Crippen molar-refractivity contribution in [2.45, 2.75) is 106 Å². The summed E-state index contributed by atoms with van der Waals surface area (Å²) in [6.45, 7) is 1.93. The first kappa shape index (κ1) is 47.2. The average molecular weight is 919 g/mol. The van der Waals surface area contributed by atoms with Gasteiger partial charge in [-0.1, -0.05) is 6.07 Å². The highest BCUT2D eigenvalue weighted by atomic mass is 16.8. The van der Waals surface area contributed by atoms with Gasteiger partial charge in [-0.15, -0.1) is 0 Å². The van der Waals surface area contributed by atoms with Crippen LogP contribution in [0.1, 0.15) is 19.4 Å². The summed E-state index contributed by atoms with van der Waals surface area (Å²) >= 11 is 0.